The Morgan fingerprint density at radius 3 is 2.11 bits per heavy atom. The Balaban J connectivity index is 2.09. The first-order valence-electron chi connectivity index (χ1n) is 8.12. The van der Waals surface area contributed by atoms with Gasteiger partial charge < -0.3 is 28.6 Å². The molecule has 0 fully saturated rings. The smallest absolute Gasteiger partial charge is 0.265 e. The monoisotopic (exact) mass is 393 g/mol. The third-order valence-electron chi connectivity index (χ3n) is 4.25. The molecule has 144 valence electrons. The molecule has 0 aliphatic carbocycles. The fourth-order valence-corrected chi connectivity index (χ4v) is 3.22. The number of amides is 1. The number of anilines is 1. The van der Waals surface area contributed by atoms with Crippen LogP contribution in [-0.4, -0.2) is 41.0 Å². The lowest BCUT2D eigenvalue weighted by atomic mass is 10.1. The lowest BCUT2D eigenvalue weighted by molar-refractivity contribution is -0.120. The van der Waals surface area contributed by atoms with Gasteiger partial charge in [-0.3, -0.25) is 4.79 Å². The van der Waals surface area contributed by atoms with Crippen LogP contribution in [0.5, 0.6) is 28.7 Å². The topological polar surface area (TPSA) is 66.5 Å². The molecule has 0 aromatic heterocycles. The summed E-state index contributed by atoms with van der Waals surface area (Å²) in [6.07, 6.45) is 0. The molecular formula is C19H20ClNO6. The molecule has 2 aromatic carbocycles. The zero-order valence-electron chi connectivity index (χ0n) is 15.5. The summed E-state index contributed by atoms with van der Waals surface area (Å²) in [4.78, 5) is 14.3. The van der Waals surface area contributed by atoms with Gasteiger partial charge in [0.1, 0.15) is 0 Å². The maximum atomic E-state index is 12.7. The molecule has 27 heavy (non-hydrogen) atoms. The van der Waals surface area contributed by atoms with Crippen molar-refractivity contribution in [1.82, 2.24) is 0 Å². The van der Waals surface area contributed by atoms with Crippen LogP contribution in [0.1, 0.15) is 5.56 Å². The Kier molecular flexibility index (Phi) is 5.51. The first-order valence-corrected chi connectivity index (χ1v) is 8.49. The van der Waals surface area contributed by atoms with E-state index in [1.165, 1.54) is 28.4 Å². The van der Waals surface area contributed by atoms with E-state index in [-0.39, 0.29) is 19.1 Å². The number of nitrogens with zero attached hydrogens (tertiary/aromatic N) is 1. The number of benzene rings is 2. The zero-order chi connectivity index (χ0) is 19.6. The van der Waals surface area contributed by atoms with E-state index in [2.05, 4.69) is 0 Å². The highest BCUT2D eigenvalue weighted by molar-refractivity contribution is 6.30. The summed E-state index contributed by atoms with van der Waals surface area (Å²) in [7, 11) is 6.09. The van der Waals surface area contributed by atoms with Crippen molar-refractivity contribution in [3.63, 3.8) is 0 Å². The van der Waals surface area contributed by atoms with E-state index >= 15 is 0 Å². The molecule has 1 amide bonds. The second kappa shape index (κ2) is 7.84. The van der Waals surface area contributed by atoms with Crippen molar-refractivity contribution >= 4 is 23.2 Å². The standard InChI is InChI=1S/C19H20ClNO6/c1-23-14-6-12(20)5-11-9-21(17(22)10-27-18(11)14)13-7-15(24-2)19(26-4)16(8-13)25-3/h5-8H,9-10H2,1-4H3. The number of carbonyl (C=O) groups is 1. The maximum absolute atomic E-state index is 12.7. The minimum atomic E-state index is -0.223. The van der Waals surface area contributed by atoms with Crippen LogP contribution in [0.3, 0.4) is 0 Å². The van der Waals surface area contributed by atoms with Crippen LogP contribution in [0.4, 0.5) is 5.69 Å². The Hall–Kier alpha value is -2.80. The number of ether oxygens (including phenoxy) is 5. The predicted octanol–water partition coefficient (Wildman–Crippen LogP) is 3.30. The quantitative estimate of drug-likeness (QED) is 0.776. The van der Waals surface area contributed by atoms with Crippen molar-refractivity contribution in [2.24, 2.45) is 0 Å². The average Bonchev–Trinajstić information content (AvgIpc) is 2.85. The van der Waals surface area contributed by atoms with E-state index in [0.717, 1.165) is 5.56 Å². The summed E-state index contributed by atoms with van der Waals surface area (Å²) in [6.45, 7) is 0.116. The third kappa shape index (κ3) is 3.55. The van der Waals surface area contributed by atoms with Gasteiger partial charge in [-0.2, -0.15) is 0 Å². The van der Waals surface area contributed by atoms with Crippen LogP contribution >= 0.6 is 11.6 Å². The molecule has 0 unspecified atom stereocenters. The highest BCUT2D eigenvalue weighted by Gasteiger charge is 2.27. The van der Waals surface area contributed by atoms with Crippen LogP contribution in [0.25, 0.3) is 0 Å². The van der Waals surface area contributed by atoms with Gasteiger partial charge >= 0.3 is 0 Å². The molecule has 0 radical (unpaired) electrons. The van der Waals surface area contributed by atoms with Gasteiger partial charge in [-0.25, -0.2) is 0 Å². The number of carbonyl (C=O) groups excluding carboxylic acids is 1. The van der Waals surface area contributed by atoms with Gasteiger partial charge in [0.2, 0.25) is 5.75 Å². The van der Waals surface area contributed by atoms with Crippen molar-refractivity contribution < 1.29 is 28.5 Å². The van der Waals surface area contributed by atoms with Crippen LogP contribution in [0, 0.1) is 0 Å². The van der Waals surface area contributed by atoms with Gasteiger partial charge in [0.25, 0.3) is 5.91 Å². The van der Waals surface area contributed by atoms with Crippen molar-refractivity contribution in [2.45, 2.75) is 6.54 Å². The summed E-state index contributed by atoms with van der Waals surface area (Å²) >= 11 is 6.18. The highest BCUT2D eigenvalue weighted by atomic mass is 35.5. The van der Waals surface area contributed by atoms with Crippen molar-refractivity contribution in [2.75, 3.05) is 39.9 Å². The molecule has 0 N–H and O–H groups in total. The number of halogens is 1. The Labute approximate surface area is 162 Å². The van der Waals surface area contributed by atoms with Gasteiger partial charge in [-0.05, 0) is 6.07 Å². The summed E-state index contributed by atoms with van der Waals surface area (Å²) in [5.74, 6) is 2.12. The molecule has 8 heteroatoms. The molecule has 0 bridgehead atoms. The van der Waals surface area contributed by atoms with Gasteiger partial charge in [0.15, 0.2) is 29.6 Å². The second-order valence-electron chi connectivity index (χ2n) is 5.75. The van der Waals surface area contributed by atoms with E-state index < -0.39 is 0 Å². The third-order valence-corrected chi connectivity index (χ3v) is 4.47. The largest absolute Gasteiger partial charge is 0.493 e. The normalized spacial score (nSPS) is 13.4. The summed E-state index contributed by atoms with van der Waals surface area (Å²) in [6, 6.07) is 6.83. The molecular weight excluding hydrogens is 374 g/mol. The SMILES string of the molecule is COc1cc(Cl)cc2c1OCC(=O)N(c1cc(OC)c(OC)c(OC)c1)C2. The van der Waals surface area contributed by atoms with E-state index in [1.807, 2.05) is 0 Å². The predicted molar refractivity (Wildman–Crippen MR) is 101 cm³/mol. The van der Waals surface area contributed by atoms with Gasteiger partial charge in [-0.15, -0.1) is 0 Å². The number of hydrogen-bond acceptors (Lipinski definition) is 6. The summed E-state index contributed by atoms with van der Waals surface area (Å²) in [5, 5.41) is 0.494. The first-order chi connectivity index (χ1) is 13.0. The molecule has 1 aliphatic rings. The molecule has 7 nitrogen and oxygen atoms in total. The average molecular weight is 394 g/mol. The van der Waals surface area contributed by atoms with Gasteiger partial charge in [-0.1, -0.05) is 11.6 Å². The Bertz CT molecular complexity index is 845. The fraction of sp³-hybridized carbons (Fsp3) is 0.316. The lowest BCUT2D eigenvalue weighted by Crippen LogP contribution is -2.32. The highest BCUT2D eigenvalue weighted by Crippen LogP contribution is 2.43. The number of fused-ring (bicyclic) bond motifs is 1. The van der Waals surface area contributed by atoms with Crippen molar-refractivity contribution in [1.29, 1.82) is 0 Å². The molecule has 2 aromatic rings. The minimum Gasteiger partial charge on any atom is -0.493 e. The Morgan fingerprint density at radius 2 is 1.56 bits per heavy atom. The van der Waals surface area contributed by atoms with E-state index in [9.17, 15) is 4.79 Å². The van der Waals surface area contributed by atoms with Gasteiger partial charge in [0.05, 0.1) is 40.7 Å². The van der Waals surface area contributed by atoms with Crippen LogP contribution in [0.2, 0.25) is 5.02 Å². The number of methoxy groups -OCH3 is 4. The van der Waals surface area contributed by atoms with Crippen molar-refractivity contribution in [3.05, 3.63) is 34.9 Å². The molecule has 3 rings (SSSR count). The number of hydrogen-bond donors (Lipinski definition) is 0. The molecule has 1 heterocycles. The summed E-state index contributed by atoms with van der Waals surface area (Å²) in [5.41, 5.74) is 1.32. The van der Waals surface area contributed by atoms with E-state index in [1.54, 1.807) is 29.2 Å². The molecule has 0 atom stereocenters. The van der Waals surface area contributed by atoms with Crippen molar-refractivity contribution in [3.8, 4) is 28.7 Å². The molecule has 0 spiro atoms. The van der Waals surface area contributed by atoms with Crippen LogP contribution in [-0.2, 0) is 11.3 Å². The van der Waals surface area contributed by atoms with E-state index in [0.29, 0.717) is 39.5 Å². The van der Waals surface area contributed by atoms with Crippen LogP contribution < -0.4 is 28.6 Å². The number of rotatable bonds is 5. The second-order valence-corrected chi connectivity index (χ2v) is 6.18. The molecule has 0 saturated carbocycles. The van der Waals surface area contributed by atoms with Crippen LogP contribution in [0.15, 0.2) is 24.3 Å². The van der Waals surface area contributed by atoms with Gasteiger partial charge in [0, 0.05) is 28.8 Å². The maximum Gasteiger partial charge on any atom is 0.265 e. The van der Waals surface area contributed by atoms with E-state index in [4.69, 9.17) is 35.3 Å². The first kappa shape index (κ1) is 19.0. The molecule has 1 aliphatic heterocycles. The Morgan fingerprint density at radius 1 is 0.926 bits per heavy atom. The lowest BCUT2D eigenvalue weighted by Gasteiger charge is -2.23. The summed E-state index contributed by atoms with van der Waals surface area (Å²) < 4.78 is 27.1. The zero-order valence-corrected chi connectivity index (χ0v) is 16.3. The minimum absolute atomic E-state index is 0.137. The fourth-order valence-electron chi connectivity index (χ4n) is 2.98. The molecule has 0 saturated heterocycles.